The molecule has 0 saturated carbocycles. The Bertz CT molecular complexity index is 853. The maximum absolute atomic E-state index is 11.7. The van der Waals surface area contributed by atoms with E-state index in [1.54, 1.807) is 30.8 Å². The molecule has 2 aromatic carbocycles. The van der Waals surface area contributed by atoms with Crippen molar-refractivity contribution in [2.24, 2.45) is 0 Å². The monoisotopic (exact) mass is 312 g/mol. The summed E-state index contributed by atoms with van der Waals surface area (Å²) in [6, 6.07) is 15.2. The molecule has 1 heterocycles. The molecule has 22 heavy (non-hydrogen) atoms. The molecule has 0 saturated heterocycles. The van der Waals surface area contributed by atoms with Crippen molar-refractivity contribution < 1.29 is 9.52 Å². The smallest absolute Gasteiger partial charge is 0.336 e. The lowest BCUT2D eigenvalue weighted by Crippen LogP contribution is -2.01. The Kier molecular flexibility index (Phi) is 4.20. The fraction of sp³-hybridized carbons (Fsp3) is 0.167. The Labute approximate surface area is 132 Å². The zero-order valence-electron chi connectivity index (χ0n) is 12.2. The third-order valence-electron chi connectivity index (χ3n) is 3.59. The van der Waals surface area contributed by atoms with Crippen molar-refractivity contribution >= 4 is 22.7 Å². The number of hydrogen-bond donors (Lipinski definition) is 1. The van der Waals surface area contributed by atoms with Crippen molar-refractivity contribution in [3.05, 3.63) is 75.6 Å². The summed E-state index contributed by atoms with van der Waals surface area (Å²) >= 11 is 1.75. The van der Waals surface area contributed by atoms with Gasteiger partial charge in [0.15, 0.2) is 0 Å². The number of hydrogen-bond acceptors (Lipinski definition) is 4. The average molecular weight is 312 g/mol. The van der Waals surface area contributed by atoms with Crippen LogP contribution in [0.3, 0.4) is 0 Å². The largest absolute Gasteiger partial charge is 0.508 e. The predicted octanol–water partition coefficient (Wildman–Crippen LogP) is 4.24. The van der Waals surface area contributed by atoms with Crippen LogP contribution in [-0.2, 0) is 11.5 Å². The fourth-order valence-corrected chi connectivity index (χ4v) is 3.38. The van der Waals surface area contributed by atoms with Crippen LogP contribution >= 0.6 is 11.8 Å². The molecule has 0 fully saturated rings. The molecule has 4 heteroatoms. The van der Waals surface area contributed by atoms with E-state index in [0.29, 0.717) is 11.1 Å². The van der Waals surface area contributed by atoms with Crippen molar-refractivity contribution in [3.8, 4) is 5.75 Å². The predicted molar refractivity (Wildman–Crippen MR) is 90.3 cm³/mol. The lowest BCUT2D eigenvalue weighted by atomic mass is 10.1. The number of phenolic OH excluding ortho intramolecular Hbond substituents is 1. The first kappa shape index (κ1) is 14.7. The molecular weight excluding hydrogens is 296 g/mol. The first-order chi connectivity index (χ1) is 10.6. The molecule has 0 aliphatic heterocycles. The van der Waals surface area contributed by atoms with Crippen LogP contribution in [0.15, 0.2) is 57.7 Å². The molecule has 0 atom stereocenters. The van der Waals surface area contributed by atoms with E-state index in [1.165, 1.54) is 11.6 Å². The van der Waals surface area contributed by atoms with E-state index in [4.69, 9.17) is 4.42 Å². The zero-order chi connectivity index (χ0) is 15.5. The van der Waals surface area contributed by atoms with Gasteiger partial charge in [-0.1, -0.05) is 30.3 Å². The normalized spacial score (nSPS) is 11.0. The first-order valence-electron chi connectivity index (χ1n) is 7.02. The van der Waals surface area contributed by atoms with Gasteiger partial charge in [0.25, 0.3) is 0 Å². The number of rotatable bonds is 4. The summed E-state index contributed by atoms with van der Waals surface area (Å²) < 4.78 is 5.25. The minimum absolute atomic E-state index is 0.143. The first-order valence-corrected chi connectivity index (χ1v) is 8.17. The van der Waals surface area contributed by atoms with Crippen LogP contribution in [0.25, 0.3) is 11.0 Å². The second kappa shape index (κ2) is 6.28. The van der Waals surface area contributed by atoms with Crippen molar-refractivity contribution in [3.63, 3.8) is 0 Å². The van der Waals surface area contributed by atoms with E-state index in [2.05, 4.69) is 12.1 Å². The Morgan fingerprint density at radius 3 is 2.64 bits per heavy atom. The standard InChI is InChI=1S/C18H16O3S/c1-12-16(19)8-7-15-14(9-17(20)21-18(12)15)11-22-10-13-5-3-2-4-6-13/h2-9,19H,10-11H2,1H3. The molecule has 3 nitrogen and oxygen atoms in total. The Balaban J connectivity index is 1.87. The highest BCUT2D eigenvalue weighted by atomic mass is 32.2. The number of benzene rings is 2. The van der Waals surface area contributed by atoms with Gasteiger partial charge in [-0.05, 0) is 30.2 Å². The van der Waals surface area contributed by atoms with Crippen LogP contribution in [-0.4, -0.2) is 5.11 Å². The third-order valence-corrected chi connectivity index (χ3v) is 4.64. The second-order valence-corrected chi connectivity index (χ2v) is 6.14. The van der Waals surface area contributed by atoms with Gasteiger partial charge >= 0.3 is 5.63 Å². The van der Waals surface area contributed by atoms with Gasteiger partial charge in [-0.3, -0.25) is 0 Å². The van der Waals surface area contributed by atoms with Crippen LogP contribution in [0, 0.1) is 6.92 Å². The molecule has 0 unspecified atom stereocenters. The van der Waals surface area contributed by atoms with Crippen LogP contribution < -0.4 is 5.63 Å². The highest BCUT2D eigenvalue weighted by molar-refractivity contribution is 7.97. The van der Waals surface area contributed by atoms with Gasteiger partial charge in [0.05, 0.1) is 0 Å². The maximum Gasteiger partial charge on any atom is 0.336 e. The number of fused-ring (bicyclic) bond motifs is 1. The number of aryl methyl sites for hydroxylation is 1. The van der Waals surface area contributed by atoms with Crippen molar-refractivity contribution in [2.75, 3.05) is 0 Å². The lowest BCUT2D eigenvalue weighted by molar-refractivity contribution is 0.468. The van der Waals surface area contributed by atoms with Gasteiger partial charge in [0.2, 0.25) is 0 Å². The van der Waals surface area contributed by atoms with Gasteiger partial charge in [0, 0.05) is 28.5 Å². The summed E-state index contributed by atoms with van der Waals surface area (Å²) in [6.07, 6.45) is 0. The molecule has 0 bridgehead atoms. The molecule has 3 aromatic rings. The van der Waals surface area contributed by atoms with Crippen LogP contribution in [0.2, 0.25) is 0 Å². The third kappa shape index (κ3) is 3.02. The number of aromatic hydroxyl groups is 1. The Morgan fingerprint density at radius 2 is 1.86 bits per heavy atom. The van der Waals surface area contributed by atoms with Gasteiger partial charge < -0.3 is 9.52 Å². The Hall–Kier alpha value is -2.20. The molecule has 0 aliphatic rings. The number of thioether (sulfide) groups is 1. The quantitative estimate of drug-likeness (QED) is 0.732. The minimum atomic E-state index is -0.378. The maximum atomic E-state index is 11.7. The summed E-state index contributed by atoms with van der Waals surface area (Å²) in [7, 11) is 0. The summed E-state index contributed by atoms with van der Waals surface area (Å²) in [5, 5.41) is 10.6. The summed E-state index contributed by atoms with van der Waals surface area (Å²) in [5.74, 6) is 1.76. The van der Waals surface area contributed by atoms with Crippen LogP contribution in [0.5, 0.6) is 5.75 Å². The van der Waals surface area contributed by atoms with E-state index in [0.717, 1.165) is 22.5 Å². The molecule has 112 valence electrons. The SMILES string of the molecule is Cc1c(O)ccc2c(CSCc3ccccc3)cc(=O)oc12. The van der Waals surface area contributed by atoms with E-state index >= 15 is 0 Å². The summed E-state index contributed by atoms with van der Waals surface area (Å²) in [6.45, 7) is 1.75. The number of phenols is 1. The van der Waals surface area contributed by atoms with Gasteiger partial charge in [0.1, 0.15) is 11.3 Å². The topological polar surface area (TPSA) is 50.4 Å². The molecule has 0 aliphatic carbocycles. The van der Waals surface area contributed by atoms with Gasteiger partial charge in [-0.15, -0.1) is 0 Å². The minimum Gasteiger partial charge on any atom is -0.508 e. The molecule has 1 N–H and O–H groups in total. The molecular formula is C18H16O3S. The molecule has 0 amide bonds. The van der Waals surface area contributed by atoms with Gasteiger partial charge in [-0.2, -0.15) is 11.8 Å². The van der Waals surface area contributed by atoms with Crippen molar-refractivity contribution in [1.29, 1.82) is 0 Å². The highest BCUT2D eigenvalue weighted by Gasteiger charge is 2.10. The van der Waals surface area contributed by atoms with E-state index in [1.807, 2.05) is 18.2 Å². The molecule has 0 radical (unpaired) electrons. The van der Waals surface area contributed by atoms with E-state index < -0.39 is 0 Å². The molecule has 3 rings (SSSR count). The summed E-state index contributed by atoms with van der Waals surface area (Å²) in [4.78, 5) is 11.7. The van der Waals surface area contributed by atoms with Crippen LogP contribution in [0.4, 0.5) is 0 Å². The van der Waals surface area contributed by atoms with Crippen LogP contribution in [0.1, 0.15) is 16.7 Å². The average Bonchev–Trinajstić information content (AvgIpc) is 2.52. The summed E-state index contributed by atoms with van der Waals surface area (Å²) in [5.41, 5.74) is 2.90. The van der Waals surface area contributed by atoms with Gasteiger partial charge in [-0.25, -0.2) is 4.79 Å². The van der Waals surface area contributed by atoms with Crippen molar-refractivity contribution in [2.45, 2.75) is 18.4 Å². The van der Waals surface area contributed by atoms with E-state index in [-0.39, 0.29) is 11.4 Å². The van der Waals surface area contributed by atoms with Crippen molar-refractivity contribution in [1.82, 2.24) is 0 Å². The molecule has 1 aromatic heterocycles. The lowest BCUT2D eigenvalue weighted by Gasteiger charge is -2.08. The second-order valence-electron chi connectivity index (χ2n) is 5.16. The Morgan fingerprint density at radius 1 is 1.09 bits per heavy atom. The zero-order valence-corrected chi connectivity index (χ0v) is 13.0. The highest BCUT2D eigenvalue weighted by Crippen LogP contribution is 2.29. The fourth-order valence-electron chi connectivity index (χ4n) is 2.39. The molecule has 0 spiro atoms. The van der Waals surface area contributed by atoms with E-state index in [9.17, 15) is 9.90 Å².